The van der Waals surface area contributed by atoms with Crippen molar-refractivity contribution in [1.29, 1.82) is 0 Å². The Bertz CT molecular complexity index is 700. The Hall–Kier alpha value is -2.44. The van der Waals surface area contributed by atoms with E-state index in [-0.39, 0.29) is 17.9 Å². The Labute approximate surface area is 141 Å². The van der Waals surface area contributed by atoms with E-state index in [4.69, 9.17) is 0 Å². The van der Waals surface area contributed by atoms with E-state index in [0.717, 1.165) is 50.5 Å². The van der Waals surface area contributed by atoms with E-state index in [1.54, 1.807) is 12.4 Å². The van der Waals surface area contributed by atoms with Gasteiger partial charge in [0.15, 0.2) is 0 Å². The van der Waals surface area contributed by atoms with E-state index in [9.17, 15) is 4.79 Å². The van der Waals surface area contributed by atoms with Crippen molar-refractivity contribution in [2.75, 3.05) is 18.0 Å². The number of carbonyl (C=O) groups excluding carboxylic acids is 1. The van der Waals surface area contributed by atoms with E-state index < -0.39 is 0 Å². The number of aromatic nitrogens is 4. The molecule has 2 aromatic heterocycles. The SMILES string of the molecule is O=C(NC1CCc2nccn2C1)C1CCCN(c2ncccn2)C1. The Morgan fingerprint density at radius 1 is 1.12 bits per heavy atom. The second-order valence-corrected chi connectivity index (χ2v) is 6.57. The van der Waals surface area contributed by atoms with Crippen molar-refractivity contribution in [3.63, 3.8) is 0 Å². The number of rotatable bonds is 3. The summed E-state index contributed by atoms with van der Waals surface area (Å²) in [6.07, 6.45) is 11.1. The highest BCUT2D eigenvalue weighted by Gasteiger charge is 2.29. The molecule has 2 aliphatic heterocycles. The topological polar surface area (TPSA) is 75.9 Å². The molecule has 0 aromatic carbocycles. The van der Waals surface area contributed by atoms with Crippen molar-refractivity contribution < 1.29 is 4.79 Å². The predicted octanol–water partition coefficient (Wildman–Crippen LogP) is 1.02. The van der Waals surface area contributed by atoms with Gasteiger partial charge in [-0.05, 0) is 25.3 Å². The lowest BCUT2D eigenvalue weighted by Gasteiger charge is -2.33. The zero-order valence-electron chi connectivity index (χ0n) is 13.6. The van der Waals surface area contributed by atoms with Gasteiger partial charge in [-0.25, -0.2) is 15.0 Å². The van der Waals surface area contributed by atoms with E-state index in [1.807, 2.05) is 18.5 Å². The average Bonchev–Trinajstić information content (AvgIpc) is 3.10. The number of carbonyl (C=O) groups is 1. The maximum Gasteiger partial charge on any atom is 0.225 e. The molecule has 2 atom stereocenters. The molecule has 7 heteroatoms. The van der Waals surface area contributed by atoms with E-state index in [0.29, 0.717) is 6.54 Å². The molecule has 4 heterocycles. The maximum atomic E-state index is 12.7. The summed E-state index contributed by atoms with van der Waals surface area (Å²) in [5, 5.41) is 3.24. The summed E-state index contributed by atoms with van der Waals surface area (Å²) in [5.41, 5.74) is 0. The highest BCUT2D eigenvalue weighted by atomic mass is 16.2. The molecule has 1 saturated heterocycles. The van der Waals surface area contributed by atoms with Gasteiger partial charge in [-0.2, -0.15) is 0 Å². The number of anilines is 1. The molecule has 126 valence electrons. The van der Waals surface area contributed by atoms with Crippen LogP contribution in [0.2, 0.25) is 0 Å². The van der Waals surface area contributed by atoms with Crippen molar-refractivity contribution >= 4 is 11.9 Å². The second kappa shape index (κ2) is 6.59. The van der Waals surface area contributed by atoms with Gasteiger partial charge in [-0.15, -0.1) is 0 Å². The second-order valence-electron chi connectivity index (χ2n) is 6.57. The van der Waals surface area contributed by atoms with Gasteiger partial charge in [0.2, 0.25) is 11.9 Å². The van der Waals surface area contributed by atoms with E-state index in [1.165, 1.54) is 0 Å². The number of imidazole rings is 1. The fourth-order valence-corrected chi connectivity index (χ4v) is 3.63. The molecular formula is C17H22N6O. The molecule has 0 spiro atoms. The van der Waals surface area contributed by atoms with Gasteiger partial charge in [0.1, 0.15) is 5.82 Å². The molecule has 1 fully saturated rings. The first kappa shape index (κ1) is 15.1. The standard InChI is InChI=1S/C17H22N6O/c24-16(21-14-4-5-15-18-8-10-22(15)12-14)13-3-1-9-23(11-13)17-19-6-2-7-20-17/h2,6-8,10,13-14H,1,3-5,9,11-12H2,(H,21,24). The quantitative estimate of drug-likeness (QED) is 0.911. The minimum absolute atomic E-state index is 0.00624. The molecule has 1 N–H and O–H groups in total. The lowest BCUT2D eigenvalue weighted by Crippen LogP contribution is -2.48. The molecule has 2 unspecified atom stereocenters. The molecule has 0 radical (unpaired) electrons. The molecule has 2 aliphatic rings. The summed E-state index contributed by atoms with van der Waals surface area (Å²) in [6, 6.07) is 2.01. The number of hydrogen-bond donors (Lipinski definition) is 1. The van der Waals surface area contributed by atoms with Crippen LogP contribution in [0.1, 0.15) is 25.1 Å². The average molecular weight is 326 g/mol. The smallest absolute Gasteiger partial charge is 0.225 e. The van der Waals surface area contributed by atoms with Gasteiger partial charge in [-0.3, -0.25) is 4.79 Å². The highest BCUT2D eigenvalue weighted by Crippen LogP contribution is 2.21. The van der Waals surface area contributed by atoms with Gasteiger partial charge in [0.05, 0.1) is 5.92 Å². The van der Waals surface area contributed by atoms with Crippen LogP contribution in [0, 0.1) is 5.92 Å². The summed E-state index contributed by atoms with van der Waals surface area (Å²) >= 11 is 0. The van der Waals surface area contributed by atoms with Gasteiger partial charge < -0.3 is 14.8 Å². The molecule has 0 saturated carbocycles. The lowest BCUT2D eigenvalue weighted by molar-refractivity contribution is -0.126. The lowest BCUT2D eigenvalue weighted by atomic mass is 9.96. The zero-order chi connectivity index (χ0) is 16.4. The fraction of sp³-hybridized carbons (Fsp3) is 0.529. The van der Waals surface area contributed by atoms with Crippen molar-refractivity contribution in [2.45, 2.75) is 38.3 Å². The highest BCUT2D eigenvalue weighted by molar-refractivity contribution is 5.79. The molecule has 0 aliphatic carbocycles. The third kappa shape index (κ3) is 3.11. The minimum atomic E-state index is 0.00624. The number of hydrogen-bond acceptors (Lipinski definition) is 5. The van der Waals surface area contributed by atoms with Crippen LogP contribution in [0.4, 0.5) is 5.95 Å². The molecular weight excluding hydrogens is 304 g/mol. The first-order valence-corrected chi connectivity index (χ1v) is 8.62. The van der Waals surface area contributed by atoms with Crippen LogP contribution in [-0.2, 0) is 17.8 Å². The van der Waals surface area contributed by atoms with Crippen molar-refractivity contribution in [3.8, 4) is 0 Å². The van der Waals surface area contributed by atoms with Crippen LogP contribution in [0.25, 0.3) is 0 Å². The third-order valence-corrected chi connectivity index (χ3v) is 4.91. The number of piperidine rings is 1. The van der Waals surface area contributed by atoms with E-state index >= 15 is 0 Å². The van der Waals surface area contributed by atoms with Crippen molar-refractivity contribution in [1.82, 2.24) is 24.8 Å². The number of fused-ring (bicyclic) bond motifs is 1. The molecule has 24 heavy (non-hydrogen) atoms. The zero-order valence-corrected chi connectivity index (χ0v) is 13.6. The Balaban J connectivity index is 1.36. The minimum Gasteiger partial charge on any atom is -0.351 e. The van der Waals surface area contributed by atoms with Crippen LogP contribution in [0.15, 0.2) is 30.9 Å². The Morgan fingerprint density at radius 2 is 2.00 bits per heavy atom. The fourth-order valence-electron chi connectivity index (χ4n) is 3.63. The Kier molecular flexibility index (Phi) is 4.15. The van der Waals surface area contributed by atoms with Gasteiger partial charge in [-0.1, -0.05) is 0 Å². The van der Waals surface area contributed by atoms with Crippen LogP contribution in [0.3, 0.4) is 0 Å². The predicted molar refractivity (Wildman–Crippen MR) is 89.4 cm³/mol. The largest absolute Gasteiger partial charge is 0.351 e. The summed E-state index contributed by atoms with van der Waals surface area (Å²) in [4.78, 5) is 27.7. The van der Waals surface area contributed by atoms with Crippen LogP contribution in [0.5, 0.6) is 0 Å². The van der Waals surface area contributed by atoms with Crippen LogP contribution in [-0.4, -0.2) is 44.6 Å². The molecule has 1 amide bonds. The summed E-state index contributed by atoms with van der Waals surface area (Å²) < 4.78 is 2.14. The number of aryl methyl sites for hydroxylation is 1. The number of amides is 1. The van der Waals surface area contributed by atoms with E-state index in [2.05, 4.69) is 29.7 Å². The van der Waals surface area contributed by atoms with Gasteiger partial charge >= 0.3 is 0 Å². The van der Waals surface area contributed by atoms with Crippen LogP contribution < -0.4 is 10.2 Å². The summed E-state index contributed by atoms with van der Waals surface area (Å²) in [5.74, 6) is 2.00. The van der Waals surface area contributed by atoms with Gasteiger partial charge in [0.25, 0.3) is 0 Å². The summed E-state index contributed by atoms with van der Waals surface area (Å²) in [6.45, 7) is 2.42. The first-order valence-electron chi connectivity index (χ1n) is 8.62. The monoisotopic (exact) mass is 326 g/mol. The maximum absolute atomic E-state index is 12.7. The molecule has 7 nitrogen and oxygen atoms in total. The first-order chi connectivity index (χ1) is 11.8. The van der Waals surface area contributed by atoms with Crippen LogP contribution >= 0.6 is 0 Å². The normalized spacial score (nSPS) is 23.6. The van der Waals surface area contributed by atoms with Gasteiger partial charge in [0, 0.05) is 56.9 Å². The molecule has 0 bridgehead atoms. The third-order valence-electron chi connectivity index (χ3n) is 4.91. The number of nitrogens with zero attached hydrogens (tertiary/aromatic N) is 5. The van der Waals surface area contributed by atoms with Crippen molar-refractivity contribution in [2.24, 2.45) is 5.92 Å². The Morgan fingerprint density at radius 3 is 2.88 bits per heavy atom. The van der Waals surface area contributed by atoms with Crippen molar-refractivity contribution in [3.05, 3.63) is 36.7 Å². The molecule has 2 aromatic rings. The summed E-state index contributed by atoms with van der Waals surface area (Å²) in [7, 11) is 0. The number of nitrogens with one attached hydrogen (secondary N) is 1. The molecule has 4 rings (SSSR count).